The second-order valence-corrected chi connectivity index (χ2v) is 10.9. The molecule has 1 aliphatic carbocycles. The predicted molar refractivity (Wildman–Crippen MR) is 152 cm³/mol. The summed E-state index contributed by atoms with van der Waals surface area (Å²) in [5.74, 6) is -1.92. The summed E-state index contributed by atoms with van der Waals surface area (Å²) in [6.07, 6.45) is 1.47. The Balaban J connectivity index is 1.49. The molecule has 1 heterocycles. The molecule has 0 radical (unpaired) electrons. The smallest absolute Gasteiger partial charge is 0.315 e. The van der Waals surface area contributed by atoms with Crippen molar-refractivity contribution in [3.8, 4) is 0 Å². The minimum Gasteiger partial charge on any atom is -0.465 e. The van der Waals surface area contributed by atoms with E-state index in [9.17, 15) is 9.59 Å². The molecule has 194 valence electrons. The summed E-state index contributed by atoms with van der Waals surface area (Å²) in [4.78, 5) is 32.1. The van der Waals surface area contributed by atoms with E-state index in [4.69, 9.17) is 44.5 Å². The Labute approximate surface area is 237 Å². The summed E-state index contributed by atoms with van der Waals surface area (Å²) in [5.41, 5.74) is 4.54. The highest BCUT2D eigenvalue weighted by atomic mass is 35.5. The van der Waals surface area contributed by atoms with Crippen molar-refractivity contribution < 1.29 is 14.3 Å². The Bertz CT molecular complexity index is 1430. The SMILES string of the molecule is CC1=NC2=C(C(=O)C[C@H](c3ccc(Cl)cc3)C2)[C@@H](c2cccc(Cl)c2Cl)C1C(=O)OCCc1ccccc1. The Morgan fingerprint density at radius 3 is 2.42 bits per heavy atom. The van der Waals surface area contributed by atoms with Crippen LogP contribution in [0.1, 0.15) is 48.3 Å². The van der Waals surface area contributed by atoms with Crippen LogP contribution in [0.4, 0.5) is 0 Å². The van der Waals surface area contributed by atoms with E-state index < -0.39 is 17.8 Å². The van der Waals surface area contributed by atoms with Gasteiger partial charge < -0.3 is 4.74 Å². The van der Waals surface area contributed by atoms with E-state index in [1.165, 1.54) is 0 Å². The number of Topliss-reactive ketones (excluding diaryl/α,β-unsaturated/α-hetero) is 1. The fraction of sp³-hybridized carbons (Fsp3) is 0.258. The van der Waals surface area contributed by atoms with Crippen LogP contribution in [0.3, 0.4) is 0 Å². The summed E-state index contributed by atoms with van der Waals surface area (Å²) in [6, 6.07) is 22.7. The van der Waals surface area contributed by atoms with Crippen molar-refractivity contribution in [1.29, 1.82) is 0 Å². The lowest BCUT2D eigenvalue weighted by atomic mass is 9.69. The first kappa shape index (κ1) is 26.7. The van der Waals surface area contributed by atoms with Crippen LogP contribution in [0.15, 0.2) is 89.1 Å². The van der Waals surface area contributed by atoms with Gasteiger partial charge in [-0.1, -0.05) is 89.4 Å². The van der Waals surface area contributed by atoms with Crippen molar-refractivity contribution in [1.82, 2.24) is 0 Å². The van der Waals surface area contributed by atoms with Gasteiger partial charge in [-0.15, -0.1) is 0 Å². The number of nitrogens with zero attached hydrogens (tertiary/aromatic N) is 1. The third-order valence-electron chi connectivity index (χ3n) is 7.28. The number of carbonyl (C=O) groups is 2. The van der Waals surface area contributed by atoms with Crippen molar-refractivity contribution in [3.63, 3.8) is 0 Å². The number of rotatable bonds is 6. The molecular weight excluding hydrogens is 541 g/mol. The van der Waals surface area contributed by atoms with Gasteiger partial charge in [0.15, 0.2) is 5.78 Å². The Kier molecular flexibility index (Phi) is 8.04. The summed E-state index contributed by atoms with van der Waals surface area (Å²) in [7, 11) is 0. The molecule has 2 aliphatic rings. The van der Waals surface area contributed by atoms with E-state index in [1.54, 1.807) is 12.1 Å². The van der Waals surface area contributed by atoms with Crippen LogP contribution in [0, 0.1) is 5.92 Å². The van der Waals surface area contributed by atoms with Gasteiger partial charge in [0.05, 0.1) is 16.7 Å². The molecule has 0 amide bonds. The van der Waals surface area contributed by atoms with Gasteiger partial charge in [-0.25, -0.2) is 0 Å². The highest BCUT2D eigenvalue weighted by molar-refractivity contribution is 6.42. The molecule has 0 spiro atoms. The van der Waals surface area contributed by atoms with Gasteiger partial charge in [0.25, 0.3) is 0 Å². The van der Waals surface area contributed by atoms with Crippen molar-refractivity contribution in [2.24, 2.45) is 10.9 Å². The Morgan fingerprint density at radius 2 is 1.68 bits per heavy atom. The minimum atomic E-state index is -0.781. The van der Waals surface area contributed by atoms with E-state index in [0.717, 1.165) is 11.1 Å². The lowest BCUT2D eigenvalue weighted by Gasteiger charge is -2.37. The van der Waals surface area contributed by atoms with Crippen LogP contribution in [0.25, 0.3) is 0 Å². The lowest BCUT2D eigenvalue weighted by molar-refractivity contribution is -0.146. The molecule has 0 bridgehead atoms. The number of allylic oxidation sites excluding steroid dienone is 2. The number of halogens is 3. The molecule has 1 aliphatic heterocycles. The molecule has 1 unspecified atom stereocenters. The Hall–Kier alpha value is -2.92. The van der Waals surface area contributed by atoms with Crippen LogP contribution >= 0.6 is 34.8 Å². The first-order valence-corrected chi connectivity index (χ1v) is 13.7. The first-order chi connectivity index (χ1) is 18.3. The Morgan fingerprint density at radius 1 is 0.947 bits per heavy atom. The maximum absolute atomic E-state index is 13.8. The molecular formula is C31H26Cl3NO3. The number of ether oxygens (including phenoxy) is 1. The summed E-state index contributed by atoms with van der Waals surface area (Å²) < 4.78 is 5.75. The van der Waals surface area contributed by atoms with E-state index in [-0.39, 0.29) is 18.3 Å². The fourth-order valence-electron chi connectivity index (χ4n) is 5.44. The molecule has 4 nitrogen and oxygen atoms in total. The molecule has 7 heteroatoms. The molecule has 3 atom stereocenters. The number of hydrogen-bond donors (Lipinski definition) is 0. The van der Waals surface area contributed by atoms with Gasteiger partial charge in [0.1, 0.15) is 5.92 Å². The summed E-state index contributed by atoms with van der Waals surface area (Å²) in [6.45, 7) is 2.04. The standard InChI is InChI=1S/C31H26Cl3NO3/c1-18-27(31(37)38-15-14-19-6-3-2-4-7-19)28(23-8-5-9-24(33)30(23)34)29-25(35-18)16-21(17-26(29)36)20-10-12-22(32)13-11-20/h2-13,21,27-28H,14-17H2,1H3/t21-,27?,28+/m1/s1. The average Bonchev–Trinajstić information content (AvgIpc) is 2.90. The third-order valence-corrected chi connectivity index (χ3v) is 8.36. The molecule has 0 N–H and O–H groups in total. The molecule has 0 fully saturated rings. The number of benzene rings is 3. The van der Waals surface area contributed by atoms with E-state index in [2.05, 4.69) is 0 Å². The van der Waals surface area contributed by atoms with Crippen LogP contribution in [0.2, 0.25) is 15.1 Å². The van der Waals surface area contributed by atoms with Gasteiger partial charge >= 0.3 is 5.97 Å². The van der Waals surface area contributed by atoms with Crippen molar-refractivity contribution in [2.45, 2.75) is 38.0 Å². The zero-order valence-corrected chi connectivity index (χ0v) is 23.1. The largest absolute Gasteiger partial charge is 0.465 e. The van der Waals surface area contributed by atoms with Gasteiger partial charge in [-0.2, -0.15) is 0 Å². The highest BCUT2D eigenvalue weighted by Gasteiger charge is 2.45. The van der Waals surface area contributed by atoms with Gasteiger partial charge in [-0.3, -0.25) is 14.6 Å². The number of aliphatic imine (C=N–C) groups is 1. The molecule has 3 aromatic carbocycles. The maximum Gasteiger partial charge on any atom is 0.315 e. The minimum absolute atomic E-state index is 0.0278. The second-order valence-electron chi connectivity index (χ2n) is 9.69. The molecule has 3 aromatic rings. The monoisotopic (exact) mass is 565 g/mol. The van der Waals surface area contributed by atoms with E-state index in [0.29, 0.717) is 56.9 Å². The highest BCUT2D eigenvalue weighted by Crippen LogP contribution is 2.49. The number of hydrogen-bond acceptors (Lipinski definition) is 4. The summed E-state index contributed by atoms with van der Waals surface area (Å²) >= 11 is 19.1. The van der Waals surface area contributed by atoms with E-state index in [1.807, 2.05) is 67.6 Å². The van der Waals surface area contributed by atoms with Crippen LogP contribution in [-0.2, 0) is 20.7 Å². The number of carbonyl (C=O) groups excluding carboxylic acids is 2. The molecule has 0 saturated heterocycles. The van der Waals surface area contributed by atoms with Crippen molar-refractivity contribution in [3.05, 3.63) is 116 Å². The molecule has 0 saturated carbocycles. The predicted octanol–water partition coefficient (Wildman–Crippen LogP) is 8.01. The number of ketones is 1. The second kappa shape index (κ2) is 11.4. The van der Waals surface area contributed by atoms with Crippen molar-refractivity contribution >= 4 is 52.3 Å². The average molecular weight is 567 g/mol. The van der Waals surface area contributed by atoms with Gasteiger partial charge in [0, 0.05) is 40.8 Å². The topological polar surface area (TPSA) is 55.7 Å². The lowest BCUT2D eigenvalue weighted by Crippen LogP contribution is -2.38. The fourth-order valence-corrected chi connectivity index (χ4v) is 5.99. The van der Waals surface area contributed by atoms with Crippen LogP contribution in [0.5, 0.6) is 0 Å². The maximum atomic E-state index is 13.8. The zero-order chi connectivity index (χ0) is 26.8. The van der Waals surface area contributed by atoms with Crippen LogP contribution < -0.4 is 0 Å². The molecule has 5 rings (SSSR count). The van der Waals surface area contributed by atoms with E-state index >= 15 is 0 Å². The molecule has 0 aromatic heterocycles. The zero-order valence-electron chi connectivity index (χ0n) is 20.8. The quantitative estimate of drug-likeness (QED) is 0.284. The summed E-state index contributed by atoms with van der Waals surface area (Å²) in [5, 5.41) is 1.34. The third kappa shape index (κ3) is 5.44. The number of esters is 1. The van der Waals surface area contributed by atoms with Crippen molar-refractivity contribution in [2.75, 3.05) is 6.61 Å². The molecule has 38 heavy (non-hydrogen) atoms. The van der Waals surface area contributed by atoms with Gasteiger partial charge in [0.2, 0.25) is 0 Å². The first-order valence-electron chi connectivity index (χ1n) is 12.5. The van der Waals surface area contributed by atoms with Crippen LogP contribution in [-0.4, -0.2) is 24.1 Å². The normalized spacial score (nSPS) is 21.1. The van der Waals surface area contributed by atoms with Gasteiger partial charge in [-0.05, 0) is 54.2 Å².